The van der Waals surface area contributed by atoms with Gasteiger partial charge in [-0.05, 0) is 54.3 Å². The second-order valence-electron chi connectivity index (χ2n) is 9.43. The number of ether oxygens (including phenoxy) is 1. The molecule has 1 aliphatic carbocycles. The Kier molecular flexibility index (Phi) is 6.46. The lowest BCUT2D eigenvalue weighted by atomic mass is 9.88. The number of likely N-dealkylation sites (tertiary alicyclic amines) is 1. The van der Waals surface area contributed by atoms with E-state index in [1.807, 2.05) is 41.4 Å². The van der Waals surface area contributed by atoms with Gasteiger partial charge in [-0.1, -0.05) is 19.3 Å². The van der Waals surface area contributed by atoms with Gasteiger partial charge in [0.15, 0.2) is 0 Å². The molecule has 1 aromatic carbocycles. The highest BCUT2D eigenvalue weighted by atomic mass is 16.5. The third kappa shape index (κ3) is 5.13. The SMILES string of the molecule is O=C(Nc1ccc(OC2CCN(C(=O)C3CCCCC3)CC2)cc1)N1Cc2ccncc2C1. The van der Waals surface area contributed by atoms with Gasteiger partial charge in [0.2, 0.25) is 5.91 Å². The Labute approximate surface area is 195 Å². The minimum Gasteiger partial charge on any atom is -0.490 e. The zero-order valence-corrected chi connectivity index (χ0v) is 19.0. The molecule has 5 rings (SSSR count). The molecule has 0 atom stereocenters. The molecule has 3 aliphatic rings. The van der Waals surface area contributed by atoms with Crippen LogP contribution in [-0.2, 0) is 17.9 Å². The predicted molar refractivity (Wildman–Crippen MR) is 126 cm³/mol. The quantitative estimate of drug-likeness (QED) is 0.743. The van der Waals surface area contributed by atoms with Crippen molar-refractivity contribution in [1.82, 2.24) is 14.8 Å². The van der Waals surface area contributed by atoms with Gasteiger partial charge in [-0.3, -0.25) is 9.78 Å². The number of nitrogens with zero attached hydrogens (tertiary/aromatic N) is 3. The number of piperidine rings is 1. The Hall–Kier alpha value is -3.09. The zero-order chi connectivity index (χ0) is 22.6. The molecule has 7 nitrogen and oxygen atoms in total. The highest BCUT2D eigenvalue weighted by Crippen LogP contribution is 2.28. The second kappa shape index (κ2) is 9.81. The molecule has 2 aliphatic heterocycles. The summed E-state index contributed by atoms with van der Waals surface area (Å²) >= 11 is 0. The van der Waals surface area contributed by atoms with Crippen LogP contribution < -0.4 is 10.1 Å². The molecule has 3 amide bonds. The summed E-state index contributed by atoms with van der Waals surface area (Å²) in [5, 5.41) is 2.97. The number of amides is 3. The van der Waals surface area contributed by atoms with Gasteiger partial charge in [-0.25, -0.2) is 4.79 Å². The number of carbonyl (C=O) groups excluding carboxylic acids is 2. The molecule has 0 bridgehead atoms. The van der Waals surface area contributed by atoms with Gasteiger partial charge in [-0.15, -0.1) is 0 Å². The Morgan fingerprint density at radius 3 is 2.33 bits per heavy atom. The number of rotatable bonds is 4. The van der Waals surface area contributed by atoms with Gasteiger partial charge in [0.25, 0.3) is 0 Å². The van der Waals surface area contributed by atoms with E-state index in [0.717, 1.165) is 61.3 Å². The first-order chi connectivity index (χ1) is 16.2. The Morgan fingerprint density at radius 2 is 1.61 bits per heavy atom. The number of nitrogens with one attached hydrogen (secondary N) is 1. The van der Waals surface area contributed by atoms with E-state index in [2.05, 4.69) is 10.3 Å². The first kappa shape index (κ1) is 21.7. The minimum absolute atomic E-state index is 0.116. The van der Waals surface area contributed by atoms with Crippen LogP contribution in [0.4, 0.5) is 10.5 Å². The summed E-state index contributed by atoms with van der Waals surface area (Å²) in [7, 11) is 0. The van der Waals surface area contributed by atoms with Crippen molar-refractivity contribution in [2.75, 3.05) is 18.4 Å². The normalized spacial score (nSPS) is 19.3. The molecule has 1 aromatic heterocycles. The van der Waals surface area contributed by atoms with Crippen LogP contribution in [-0.4, -0.2) is 45.9 Å². The minimum atomic E-state index is -0.116. The predicted octanol–water partition coefficient (Wildman–Crippen LogP) is 4.58. The largest absolute Gasteiger partial charge is 0.490 e. The van der Waals surface area contributed by atoms with Gasteiger partial charge in [0.05, 0.1) is 0 Å². The zero-order valence-electron chi connectivity index (χ0n) is 19.0. The molecule has 0 unspecified atom stereocenters. The summed E-state index contributed by atoms with van der Waals surface area (Å²) < 4.78 is 6.16. The van der Waals surface area contributed by atoms with Crippen molar-refractivity contribution >= 4 is 17.6 Å². The molecular weight excluding hydrogens is 416 g/mol. The number of pyridine rings is 1. The smallest absolute Gasteiger partial charge is 0.322 e. The van der Waals surface area contributed by atoms with Crippen LogP contribution >= 0.6 is 0 Å². The number of benzene rings is 1. The molecule has 7 heteroatoms. The summed E-state index contributed by atoms with van der Waals surface area (Å²) in [5.74, 6) is 1.39. The van der Waals surface area contributed by atoms with Crippen LogP contribution in [0.1, 0.15) is 56.1 Å². The molecule has 174 valence electrons. The Bertz CT molecular complexity index is 954. The molecular formula is C26H32N4O3. The number of aromatic nitrogens is 1. The first-order valence-electron chi connectivity index (χ1n) is 12.2. The van der Waals surface area contributed by atoms with Crippen LogP contribution in [0, 0.1) is 5.92 Å². The third-order valence-electron chi connectivity index (χ3n) is 7.13. The fourth-order valence-electron chi connectivity index (χ4n) is 5.18. The maximum Gasteiger partial charge on any atom is 0.322 e. The molecule has 0 spiro atoms. The lowest BCUT2D eigenvalue weighted by Gasteiger charge is -2.35. The molecule has 1 saturated carbocycles. The number of fused-ring (bicyclic) bond motifs is 1. The second-order valence-corrected chi connectivity index (χ2v) is 9.43. The van der Waals surface area contributed by atoms with Crippen LogP contribution in [0.15, 0.2) is 42.7 Å². The lowest BCUT2D eigenvalue weighted by Crippen LogP contribution is -2.44. The standard InChI is InChI=1S/C26H32N4O3/c31-25(19-4-2-1-3-5-19)29-14-11-24(12-15-29)33-23-8-6-22(7-9-23)28-26(32)30-17-20-10-13-27-16-21(20)18-30/h6-10,13,16,19,24H,1-5,11-12,14-15,17-18H2,(H,28,32). The van der Waals surface area contributed by atoms with E-state index in [1.54, 1.807) is 11.1 Å². The fourth-order valence-corrected chi connectivity index (χ4v) is 5.18. The van der Waals surface area contributed by atoms with E-state index in [0.29, 0.717) is 19.0 Å². The van der Waals surface area contributed by atoms with Crippen LogP contribution in [0.25, 0.3) is 0 Å². The van der Waals surface area contributed by atoms with E-state index in [9.17, 15) is 9.59 Å². The Balaban J connectivity index is 1.08. The summed E-state index contributed by atoms with van der Waals surface area (Å²) in [4.78, 5) is 33.3. The number of urea groups is 1. The fraction of sp³-hybridized carbons (Fsp3) is 0.500. The number of anilines is 1. The van der Waals surface area contributed by atoms with E-state index in [4.69, 9.17) is 4.74 Å². The Morgan fingerprint density at radius 1 is 0.879 bits per heavy atom. The summed E-state index contributed by atoms with van der Waals surface area (Å²) in [5.41, 5.74) is 2.99. The third-order valence-corrected chi connectivity index (χ3v) is 7.13. The van der Waals surface area contributed by atoms with E-state index in [1.165, 1.54) is 19.3 Å². The average molecular weight is 449 g/mol. The molecule has 33 heavy (non-hydrogen) atoms. The van der Waals surface area contributed by atoms with E-state index >= 15 is 0 Å². The molecule has 0 radical (unpaired) electrons. The molecule has 2 aromatic rings. The molecule has 1 N–H and O–H groups in total. The highest BCUT2D eigenvalue weighted by molar-refractivity contribution is 5.89. The summed E-state index contributed by atoms with van der Waals surface area (Å²) in [6.07, 6.45) is 11.2. The number of hydrogen-bond donors (Lipinski definition) is 1. The topological polar surface area (TPSA) is 74.8 Å². The monoisotopic (exact) mass is 448 g/mol. The molecule has 2 fully saturated rings. The average Bonchev–Trinajstić information content (AvgIpc) is 3.31. The van der Waals surface area contributed by atoms with Crippen LogP contribution in [0.2, 0.25) is 0 Å². The van der Waals surface area contributed by atoms with Crippen molar-refractivity contribution in [3.8, 4) is 5.75 Å². The van der Waals surface area contributed by atoms with Crippen molar-refractivity contribution in [2.45, 2.75) is 64.1 Å². The van der Waals surface area contributed by atoms with Crippen LogP contribution in [0.5, 0.6) is 5.75 Å². The van der Waals surface area contributed by atoms with Gasteiger partial charge in [0.1, 0.15) is 11.9 Å². The first-order valence-corrected chi connectivity index (χ1v) is 12.2. The van der Waals surface area contributed by atoms with Crippen molar-refractivity contribution in [1.29, 1.82) is 0 Å². The number of carbonyl (C=O) groups is 2. The molecule has 3 heterocycles. The lowest BCUT2D eigenvalue weighted by molar-refractivity contribution is -0.138. The van der Waals surface area contributed by atoms with Crippen molar-refractivity contribution in [3.63, 3.8) is 0 Å². The van der Waals surface area contributed by atoms with Gasteiger partial charge in [0, 0.05) is 63.0 Å². The van der Waals surface area contributed by atoms with Gasteiger partial charge in [-0.2, -0.15) is 0 Å². The summed E-state index contributed by atoms with van der Waals surface area (Å²) in [6.45, 7) is 2.74. The van der Waals surface area contributed by atoms with Gasteiger partial charge < -0.3 is 19.9 Å². The van der Waals surface area contributed by atoms with Crippen molar-refractivity contribution in [3.05, 3.63) is 53.9 Å². The maximum atomic E-state index is 12.7. The van der Waals surface area contributed by atoms with Crippen LogP contribution in [0.3, 0.4) is 0 Å². The van der Waals surface area contributed by atoms with Gasteiger partial charge >= 0.3 is 6.03 Å². The summed E-state index contributed by atoms with van der Waals surface area (Å²) in [6, 6.07) is 9.40. The van der Waals surface area contributed by atoms with E-state index < -0.39 is 0 Å². The van der Waals surface area contributed by atoms with Crippen molar-refractivity contribution in [2.24, 2.45) is 5.92 Å². The molecule has 1 saturated heterocycles. The highest BCUT2D eigenvalue weighted by Gasteiger charge is 2.29. The van der Waals surface area contributed by atoms with Crippen molar-refractivity contribution < 1.29 is 14.3 Å². The number of hydrogen-bond acceptors (Lipinski definition) is 4. The van der Waals surface area contributed by atoms with E-state index in [-0.39, 0.29) is 18.1 Å². The maximum absolute atomic E-state index is 12.7.